The van der Waals surface area contributed by atoms with E-state index >= 15 is 0 Å². The second-order valence-corrected chi connectivity index (χ2v) is 7.45. The van der Waals surface area contributed by atoms with Crippen molar-refractivity contribution in [1.29, 1.82) is 0 Å². The van der Waals surface area contributed by atoms with Crippen molar-refractivity contribution in [3.8, 4) is 5.75 Å². The Bertz CT molecular complexity index is 644. The molecular formula is C20H27NO3. The van der Waals surface area contributed by atoms with Crippen molar-refractivity contribution in [3.05, 3.63) is 29.3 Å². The lowest BCUT2D eigenvalue weighted by molar-refractivity contribution is -0.0110. The van der Waals surface area contributed by atoms with E-state index < -0.39 is 0 Å². The Morgan fingerprint density at radius 1 is 1.33 bits per heavy atom. The zero-order valence-corrected chi connectivity index (χ0v) is 14.7. The summed E-state index contributed by atoms with van der Waals surface area (Å²) in [6.07, 6.45) is 6.90. The number of carbonyl (C=O) groups is 1. The molecule has 0 radical (unpaired) electrons. The highest BCUT2D eigenvalue weighted by Crippen LogP contribution is 2.56. The molecule has 1 aromatic carbocycles. The molecule has 3 atom stereocenters. The number of piperidine rings is 1. The first kappa shape index (κ1) is 15.8. The number of benzene rings is 1. The Morgan fingerprint density at radius 3 is 3.00 bits per heavy atom. The van der Waals surface area contributed by atoms with E-state index in [2.05, 4.69) is 18.2 Å². The number of hydrogen-bond donors (Lipinski definition) is 0. The SMILES string of the molecule is CCOC(=O)N1CC[C@@]23CCCC[C@H]2[C@H]1Cc1ccc(OC)cc13. The van der Waals surface area contributed by atoms with Crippen LogP contribution in [0.2, 0.25) is 0 Å². The number of ether oxygens (including phenoxy) is 2. The molecule has 4 nitrogen and oxygen atoms in total. The van der Waals surface area contributed by atoms with Crippen LogP contribution in [0.15, 0.2) is 18.2 Å². The fourth-order valence-corrected chi connectivity index (χ4v) is 5.54. The number of nitrogens with zero attached hydrogens (tertiary/aromatic N) is 1. The van der Waals surface area contributed by atoms with Crippen LogP contribution in [0.3, 0.4) is 0 Å². The molecule has 0 N–H and O–H groups in total. The van der Waals surface area contributed by atoms with Crippen molar-refractivity contribution in [2.75, 3.05) is 20.3 Å². The van der Waals surface area contributed by atoms with Crippen LogP contribution in [0.25, 0.3) is 0 Å². The van der Waals surface area contributed by atoms with E-state index in [1.54, 1.807) is 7.11 Å². The summed E-state index contributed by atoms with van der Waals surface area (Å²) >= 11 is 0. The highest BCUT2D eigenvalue weighted by molar-refractivity contribution is 5.69. The van der Waals surface area contributed by atoms with Gasteiger partial charge >= 0.3 is 6.09 Å². The molecule has 0 spiro atoms. The number of likely N-dealkylation sites (tertiary alicyclic amines) is 1. The molecule has 0 aromatic heterocycles. The van der Waals surface area contributed by atoms with Crippen LogP contribution in [0.4, 0.5) is 4.79 Å². The third kappa shape index (κ3) is 2.22. The van der Waals surface area contributed by atoms with Gasteiger partial charge in [0.2, 0.25) is 0 Å². The first-order valence-electron chi connectivity index (χ1n) is 9.30. The van der Waals surface area contributed by atoms with Crippen molar-refractivity contribution in [3.63, 3.8) is 0 Å². The van der Waals surface area contributed by atoms with Gasteiger partial charge in [-0.15, -0.1) is 0 Å². The lowest BCUT2D eigenvalue weighted by Crippen LogP contribution is -2.62. The van der Waals surface area contributed by atoms with E-state index in [0.717, 1.165) is 25.1 Å². The van der Waals surface area contributed by atoms with E-state index in [0.29, 0.717) is 18.6 Å². The van der Waals surface area contributed by atoms with Gasteiger partial charge in [-0.25, -0.2) is 4.79 Å². The number of amides is 1. The number of methoxy groups -OCH3 is 1. The summed E-state index contributed by atoms with van der Waals surface area (Å²) in [5.41, 5.74) is 3.12. The van der Waals surface area contributed by atoms with E-state index in [9.17, 15) is 4.79 Å². The van der Waals surface area contributed by atoms with E-state index in [1.165, 1.54) is 36.8 Å². The molecule has 1 aliphatic heterocycles. The summed E-state index contributed by atoms with van der Waals surface area (Å²) in [4.78, 5) is 14.5. The van der Waals surface area contributed by atoms with Gasteiger partial charge in [-0.1, -0.05) is 18.9 Å². The molecule has 1 aromatic rings. The van der Waals surface area contributed by atoms with Crippen molar-refractivity contribution in [2.24, 2.45) is 5.92 Å². The summed E-state index contributed by atoms with van der Waals surface area (Å²) in [6.45, 7) is 3.15. The van der Waals surface area contributed by atoms with E-state index in [1.807, 2.05) is 11.8 Å². The maximum Gasteiger partial charge on any atom is 0.410 e. The molecule has 4 rings (SSSR count). The van der Waals surface area contributed by atoms with Gasteiger partial charge in [0.25, 0.3) is 0 Å². The van der Waals surface area contributed by atoms with Gasteiger partial charge in [-0.3, -0.25) is 0 Å². The molecule has 2 fully saturated rings. The average molecular weight is 329 g/mol. The molecule has 2 aliphatic carbocycles. The predicted molar refractivity (Wildman–Crippen MR) is 92.5 cm³/mol. The quantitative estimate of drug-likeness (QED) is 0.826. The van der Waals surface area contributed by atoms with Gasteiger partial charge in [0, 0.05) is 18.0 Å². The fourth-order valence-electron chi connectivity index (χ4n) is 5.54. The van der Waals surface area contributed by atoms with Gasteiger partial charge < -0.3 is 14.4 Å². The zero-order valence-electron chi connectivity index (χ0n) is 14.7. The maximum absolute atomic E-state index is 12.5. The van der Waals surface area contributed by atoms with E-state index in [-0.39, 0.29) is 11.5 Å². The Morgan fingerprint density at radius 2 is 2.21 bits per heavy atom. The summed E-state index contributed by atoms with van der Waals surface area (Å²) in [7, 11) is 1.74. The van der Waals surface area contributed by atoms with Crippen LogP contribution in [0, 0.1) is 5.92 Å². The van der Waals surface area contributed by atoms with Crippen molar-refractivity contribution >= 4 is 6.09 Å². The molecule has 2 bridgehead atoms. The number of hydrogen-bond acceptors (Lipinski definition) is 3. The zero-order chi connectivity index (χ0) is 16.7. The minimum atomic E-state index is -0.126. The van der Waals surface area contributed by atoms with Crippen LogP contribution < -0.4 is 4.74 Å². The Balaban J connectivity index is 1.77. The van der Waals surface area contributed by atoms with Gasteiger partial charge in [0.15, 0.2) is 0 Å². The molecule has 3 aliphatic rings. The molecule has 24 heavy (non-hydrogen) atoms. The summed E-state index contributed by atoms with van der Waals surface area (Å²) in [5, 5.41) is 0. The lowest BCUT2D eigenvalue weighted by Gasteiger charge is -2.58. The first-order valence-corrected chi connectivity index (χ1v) is 9.30. The Labute approximate surface area is 144 Å². The topological polar surface area (TPSA) is 38.8 Å². The van der Waals surface area contributed by atoms with Gasteiger partial charge in [-0.05, 0) is 61.8 Å². The lowest BCUT2D eigenvalue weighted by atomic mass is 9.52. The highest BCUT2D eigenvalue weighted by atomic mass is 16.6. The average Bonchev–Trinajstić information content (AvgIpc) is 2.61. The maximum atomic E-state index is 12.5. The minimum absolute atomic E-state index is 0.126. The van der Waals surface area contributed by atoms with Crippen LogP contribution >= 0.6 is 0 Å². The Hall–Kier alpha value is -1.71. The number of fused-ring (bicyclic) bond motifs is 1. The minimum Gasteiger partial charge on any atom is -0.497 e. The van der Waals surface area contributed by atoms with Crippen molar-refractivity contribution < 1.29 is 14.3 Å². The van der Waals surface area contributed by atoms with Crippen LogP contribution in [0.5, 0.6) is 5.75 Å². The molecule has 0 unspecified atom stereocenters. The number of carbonyl (C=O) groups excluding carboxylic acids is 1. The molecule has 130 valence electrons. The van der Waals surface area contributed by atoms with Crippen LogP contribution in [-0.2, 0) is 16.6 Å². The fraction of sp³-hybridized carbons (Fsp3) is 0.650. The summed E-state index contributed by atoms with van der Waals surface area (Å²) in [6, 6.07) is 6.83. The highest BCUT2D eigenvalue weighted by Gasteiger charge is 2.55. The summed E-state index contributed by atoms with van der Waals surface area (Å²) in [5.74, 6) is 1.52. The van der Waals surface area contributed by atoms with Gasteiger partial charge in [0.1, 0.15) is 5.75 Å². The van der Waals surface area contributed by atoms with Gasteiger partial charge in [0.05, 0.1) is 13.7 Å². The van der Waals surface area contributed by atoms with Crippen molar-refractivity contribution in [2.45, 2.75) is 56.9 Å². The van der Waals surface area contributed by atoms with Crippen LogP contribution in [-0.4, -0.2) is 37.3 Å². The third-order valence-corrected chi connectivity index (χ3v) is 6.55. The third-order valence-electron chi connectivity index (χ3n) is 6.55. The van der Waals surface area contributed by atoms with E-state index in [4.69, 9.17) is 9.47 Å². The van der Waals surface area contributed by atoms with Crippen LogP contribution in [0.1, 0.15) is 50.2 Å². The molecule has 4 heteroatoms. The van der Waals surface area contributed by atoms with Crippen molar-refractivity contribution in [1.82, 2.24) is 4.90 Å². The number of rotatable bonds is 2. The summed E-state index contributed by atoms with van der Waals surface area (Å²) < 4.78 is 10.8. The molecule has 1 heterocycles. The standard InChI is InChI=1S/C20H27NO3/c1-3-24-19(22)21-11-10-20-9-5-4-6-16(20)18(21)12-14-7-8-15(23-2)13-17(14)20/h7-8,13,16,18H,3-6,9-12H2,1-2H3/t16-,18+,20-/m0/s1. The largest absolute Gasteiger partial charge is 0.497 e. The smallest absolute Gasteiger partial charge is 0.410 e. The molecular weight excluding hydrogens is 302 g/mol. The molecule has 1 saturated heterocycles. The second-order valence-electron chi connectivity index (χ2n) is 7.45. The normalized spacial score (nSPS) is 31.0. The second kappa shape index (κ2) is 5.98. The Kier molecular flexibility index (Phi) is 3.93. The molecule has 1 amide bonds. The predicted octanol–water partition coefficient (Wildman–Crippen LogP) is 3.91. The van der Waals surface area contributed by atoms with Gasteiger partial charge in [-0.2, -0.15) is 0 Å². The first-order chi connectivity index (χ1) is 11.7. The monoisotopic (exact) mass is 329 g/mol. The molecule has 1 saturated carbocycles.